The third kappa shape index (κ3) is 5.18. The molecule has 0 radical (unpaired) electrons. The number of nitrogens with zero attached hydrogens (tertiary/aromatic N) is 2. The lowest BCUT2D eigenvalue weighted by Crippen LogP contribution is -2.17. The van der Waals surface area contributed by atoms with Crippen molar-refractivity contribution in [2.45, 2.75) is 33.8 Å². The van der Waals surface area contributed by atoms with Crippen molar-refractivity contribution < 1.29 is 18.7 Å². The zero-order valence-electron chi connectivity index (χ0n) is 16.9. The van der Waals surface area contributed by atoms with Gasteiger partial charge in [-0.3, -0.25) is 9.59 Å². The first kappa shape index (κ1) is 21.4. The first-order valence-corrected chi connectivity index (χ1v) is 10.0. The lowest BCUT2D eigenvalue weighted by atomic mass is 10.1. The highest BCUT2D eigenvalue weighted by Crippen LogP contribution is 2.23. The van der Waals surface area contributed by atoms with Crippen molar-refractivity contribution in [1.29, 1.82) is 0 Å². The van der Waals surface area contributed by atoms with E-state index in [0.29, 0.717) is 21.9 Å². The predicted molar refractivity (Wildman–Crippen MR) is 114 cm³/mol. The molecule has 156 valence electrons. The van der Waals surface area contributed by atoms with E-state index in [1.807, 2.05) is 13.8 Å². The quantitative estimate of drug-likeness (QED) is 0.599. The van der Waals surface area contributed by atoms with Crippen molar-refractivity contribution >= 4 is 34.7 Å². The molecule has 0 spiro atoms. The van der Waals surface area contributed by atoms with Crippen molar-refractivity contribution in [2.24, 2.45) is 0 Å². The summed E-state index contributed by atoms with van der Waals surface area (Å²) in [6, 6.07) is 5.74. The highest BCUT2D eigenvalue weighted by atomic mass is 32.1. The van der Waals surface area contributed by atoms with E-state index < -0.39 is 11.7 Å². The molecule has 0 aliphatic heterocycles. The van der Waals surface area contributed by atoms with E-state index >= 15 is 0 Å². The number of carbonyl (C=O) groups excluding carboxylic acids is 2. The number of hydrogen-bond acceptors (Lipinski definition) is 6. The monoisotopic (exact) mass is 428 g/mol. The number of aryl methyl sites for hydroxylation is 2. The van der Waals surface area contributed by atoms with Crippen LogP contribution in [-0.4, -0.2) is 27.9 Å². The topological polar surface area (TPSA) is 93.2 Å². The summed E-state index contributed by atoms with van der Waals surface area (Å²) >= 11 is 1.25. The minimum Gasteiger partial charge on any atom is -0.489 e. The fraction of sp³-hybridized carbons (Fsp3) is 0.238. The maximum Gasteiger partial charge on any atom is 0.267 e. The third-order valence-corrected chi connectivity index (χ3v) is 4.91. The molecule has 0 aliphatic rings. The highest BCUT2D eigenvalue weighted by molar-refractivity contribution is 7.13. The fourth-order valence-electron chi connectivity index (χ4n) is 2.61. The normalized spacial score (nSPS) is 10.7. The van der Waals surface area contributed by atoms with Crippen LogP contribution < -0.4 is 15.4 Å². The minimum atomic E-state index is -0.698. The first-order valence-electron chi connectivity index (χ1n) is 9.21. The summed E-state index contributed by atoms with van der Waals surface area (Å²) in [5.74, 6) is -0.934. The molecule has 0 fully saturated rings. The standard InChI is InChI=1S/C21H21FN4O3S/c1-11(2)29-14-5-6-19(24-9-14)26-20(27)15-8-17(12(3)7-16(15)22)25-21(28)18-10-23-13(4)30-18/h5-11H,1-4H3,(H,25,28)(H,24,26,27). The van der Waals surface area contributed by atoms with E-state index in [2.05, 4.69) is 20.6 Å². The van der Waals surface area contributed by atoms with Crippen LogP contribution in [0, 0.1) is 19.7 Å². The summed E-state index contributed by atoms with van der Waals surface area (Å²) < 4.78 is 19.9. The van der Waals surface area contributed by atoms with E-state index in [-0.39, 0.29) is 23.4 Å². The Bertz CT molecular complexity index is 1080. The smallest absolute Gasteiger partial charge is 0.267 e. The lowest BCUT2D eigenvalue weighted by Gasteiger charge is -2.12. The largest absolute Gasteiger partial charge is 0.489 e. The van der Waals surface area contributed by atoms with Crippen LogP contribution in [0.25, 0.3) is 0 Å². The van der Waals surface area contributed by atoms with E-state index in [1.54, 1.807) is 26.0 Å². The predicted octanol–water partition coefficient (Wildman–Crippen LogP) is 4.59. The molecule has 2 heterocycles. The summed E-state index contributed by atoms with van der Waals surface area (Å²) in [5.41, 5.74) is 0.624. The van der Waals surface area contributed by atoms with Gasteiger partial charge in [0, 0.05) is 5.69 Å². The van der Waals surface area contributed by atoms with Crippen LogP contribution in [0.4, 0.5) is 15.9 Å². The van der Waals surface area contributed by atoms with Crippen molar-refractivity contribution in [3.05, 3.63) is 63.5 Å². The van der Waals surface area contributed by atoms with Gasteiger partial charge < -0.3 is 15.4 Å². The summed E-state index contributed by atoms with van der Waals surface area (Å²) in [4.78, 5) is 33.5. The van der Waals surface area contributed by atoms with Gasteiger partial charge in [-0.15, -0.1) is 11.3 Å². The summed E-state index contributed by atoms with van der Waals surface area (Å²) in [5, 5.41) is 6.01. The molecule has 0 saturated carbocycles. The molecule has 3 aromatic rings. The van der Waals surface area contributed by atoms with Crippen LogP contribution in [0.3, 0.4) is 0 Å². The van der Waals surface area contributed by atoms with Gasteiger partial charge in [0.05, 0.1) is 29.1 Å². The maximum atomic E-state index is 14.4. The maximum absolute atomic E-state index is 14.4. The summed E-state index contributed by atoms with van der Waals surface area (Å²) in [7, 11) is 0. The number of hydrogen-bond donors (Lipinski definition) is 2. The molecule has 1 aromatic carbocycles. The molecule has 9 heteroatoms. The number of halogens is 1. The van der Waals surface area contributed by atoms with Crippen LogP contribution >= 0.6 is 11.3 Å². The van der Waals surface area contributed by atoms with Crippen LogP contribution in [0.1, 0.15) is 44.4 Å². The Labute approximate surface area is 177 Å². The zero-order valence-corrected chi connectivity index (χ0v) is 17.8. The minimum absolute atomic E-state index is 0.00333. The Morgan fingerprint density at radius 2 is 1.83 bits per heavy atom. The number of benzene rings is 1. The molecular formula is C21H21FN4O3S. The molecule has 2 aromatic heterocycles. The number of thiazole rings is 1. The average molecular weight is 428 g/mol. The van der Waals surface area contributed by atoms with Crippen LogP contribution in [0.2, 0.25) is 0 Å². The molecule has 0 aliphatic carbocycles. The van der Waals surface area contributed by atoms with Gasteiger partial charge in [0.1, 0.15) is 22.3 Å². The second-order valence-corrected chi connectivity index (χ2v) is 8.08. The Kier molecular flexibility index (Phi) is 6.41. The molecule has 7 nitrogen and oxygen atoms in total. The Hall–Kier alpha value is -3.33. The van der Waals surface area contributed by atoms with Crippen molar-refractivity contribution in [3.63, 3.8) is 0 Å². The summed E-state index contributed by atoms with van der Waals surface area (Å²) in [6.45, 7) is 7.22. The molecule has 0 saturated heterocycles. The van der Waals surface area contributed by atoms with Gasteiger partial charge in [0.25, 0.3) is 11.8 Å². The van der Waals surface area contributed by atoms with Gasteiger partial charge in [0.2, 0.25) is 0 Å². The number of ether oxygens (including phenoxy) is 1. The Balaban J connectivity index is 1.77. The second kappa shape index (κ2) is 9.00. The van der Waals surface area contributed by atoms with E-state index in [4.69, 9.17) is 4.74 Å². The van der Waals surface area contributed by atoms with Gasteiger partial charge in [-0.2, -0.15) is 0 Å². The lowest BCUT2D eigenvalue weighted by molar-refractivity contribution is 0.101. The van der Waals surface area contributed by atoms with Crippen LogP contribution in [0.5, 0.6) is 5.75 Å². The van der Waals surface area contributed by atoms with E-state index in [9.17, 15) is 14.0 Å². The second-order valence-electron chi connectivity index (χ2n) is 6.84. The molecule has 2 N–H and O–H groups in total. The fourth-order valence-corrected chi connectivity index (χ4v) is 3.28. The molecule has 0 bridgehead atoms. The molecular weight excluding hydrogens is 407 g/mol. The van der Waals surface area contributed by atoms with Gasteiger partial charge in [-0.05, 0) is 57.5 Å². The molecule has 2 amide bonds. The van der Waals surface area contributed by atoms with Crippen LogP contribution in [-0.2, 0) is 0 Å². The number of anilines is 2. The van der Waals surface area contributed by atoms with E-state index in [1.165, 1.54) is 35.9 Å². The number of amides is 2. The van der Waals surface area contributed by atoms with Gasteiger partial charge in [-0.1, -0.05) is 0 Å². The van der Waals surface area contributed by atoms with E-state index in [0.717, 1.165) is 5.01 Å². The molecule has 0 atom stereocenters. The van der Waals surface area contributed by atoms with Crippen molar-refractivity contribution in [1.82, 2.24) is 9.97 Å². The van der Waals surface area contributed by atoms with Crippen molar-refractivity contribution in [2.75, 3.05) is 10.6 Å². The number of carbonyl (C=O) groups is 2. The Morgan fingerprint density at radius 3 is 2.43 bits per heavy atom. The SMILES string of the molecule is Cc1ncc(C(=O)Nc2cc(C(=O)Nc3ccc(OC(C)C)cn3)c(F)cc2C)s1. The number of rotatable bonds is 6. The summed E-state index contributed by atoms with van der Waals surface area (Å²) in [6.07, 6.45) is 2.95. The number of aromatic nitrogens is 2. The molecule has 3 rings (SSSR count). The zero-order chi connectivity index (χ0) is 21.8. The third-order valence-electron chi connectivity index (χ3n) is 4.00. The Morgan fingerprint density at radius 1 is 1.07 bits per heavy atom. The van der Waals surface area contributed by atoms with Gasteiger partial charge >= 0.3 is 0 Å². The first-order chi connectivity index (χ1) is 14.2. The van der Waals surface area contributed by atoms with Gasteiger partial charge in [-0.25, -0.2) is 14.4 Å². The van der Waals surface area contributed by atoms with Crippen molar-refractivity contribution in [3.8, 4) is 5.75 Å². The number of pyridine rings is 1. The van der Waals surface area contributed by atoms with Gasteiger partial charge in [0.15, 0.2) is 0 Å². The molecule has 0 unspecified atom stereocenters. The average Bonchev–Trinajstić information content (AvgIpc) is 3.11. The highest BCUT2D eigenvalue weighted by Gasteiger charge is 2.18. The molecule has 30 heavy (non-hydrogen) atoms. The number of nitrogens with one attached hydrogen (secondary N) is 2. The van der Waals surface area contributed by atoms with Crippen LogP contribution in [0.15, 0.2) is 36.7 Å².